The molecule has 2 nitrogen and oxygen atoms in total. The molecule has 0 aromatic rings. The van der Waals surface area contributed by atoms with Crippen molar-refractivity contribution in [1.29, 1.82) is 0 Å². The normalized spacial score (nSPS) is 16.7. The zero-order chi connectivity index (χ0) is 11.2. The van der Waals surface area contributed by atoms with E-state index >= 15 is 0 Å². The molecule has 0 saturated heterocycles. The third-order valence-electron chi connectivity index (χ3n) is 2.58. The summed E-state index contributed by atoms with van der Waals surface area (Å²) in [4.78, 5) is 0. The van der Waals surface area contributed by atoms with Gasteiger partial charge in [-0.2, -0.15) is 0 Å². The largest absolute Gasteiger partial charge is 0.380 e. The first kappa shape index (κ1) is 13.9. The van der Waals surface area contributed by atoms with Crippen molar-refractivity contribution < 1.29 is 4.74 Å². The molecule has 0 saturated carbocycles. The number of rotatable bonds is 6. The Hall–Kier alpha value is -0.0800. The van der Waals surface area contributed by atoms with Crippen molar-refractivity contribution in [1.82, 2.24) is 0 Å². The van der Waals surface area contributed by atoms with E-state index in [0.29, 0.717) is 5.41 Å². The summed E-state index contributed by atoms with van der Waals surface area (Å²) >= 11 is 0. The lowest BCUT2D eigenvalue weighted by atomic mass is 9.87. The average molecular weight is 201 g/mol. The van der Waals surface area contributed by atoms with Crippen LogP contribution in [0.15, 0.2) is 0 Å². The van der Waals surface area contributed by atoms with Gasteiger partial charge in [-0.15, -0.1) is 0 Å². The van der Waals surface area contributed by atoms with Crippen LogP contribution in [0.25, 0.3) is 0 Å². The summed E-state index contributed by atoms with van der Waals surface area (Å²) in [7, 11) is 1.76. The first-order chi connectivity index (χ1) is 6.40. The average Bonchev–Trinajstić information content (AvgIpc) is 2.09. The van der Waals surface area contributed by atoms with Crippen LogP contribution in [0.1, 0.15) is 53.4 Å². The van der Waals surface area contributed by atoms with Gasteiger partial charge in [0, 0.05) is 13.2 Å². The minimum absolute atomic E-state index is 0.194. The SMILES string of the molecule is CCCC(OC)C(N)CCC(C)(C)C. The summed E-state index contributed by atoms with van der Waals surface area (Å²) in [5.74, 6) is 0. The maximum atomic E-state index is 6.10. The molecule has 0 aromatic carbocycles. The van der Waals surface area contributed by atoms with E-state index in [-0.39, 0.29) is 12.1 Å². The van der Waals surface area contributed by atoms with Gasteiger partial charge in [-0.3, -0.25) is 0 Å². The molecule has 2 unspecified atom stereocenters. The second kappa shape index (κ2) is 6.41. The van der Waals surface area contributed by atoms with E-state index < -0.39 is 0 Å². The molecule has 0 aliphatic rings. The number of ether oxygens (including phenoxy) is 1. The summed E-state index contributed by atoms with van der Waals surface area (Å²) in [6.07, 6.45) is 4.67. The zero-order valence-electron chi connectivity index (χ0n) is 10.5. The van der Waals surface area contributed by atoms with Crippen molar-refractivity contribution in [2.24, 2.45) is 11.1 Å². The van der Waals surface area contributed by atoms with Crippen LogP contribution in [-0.4, -0.2) is 19.3 Å². The van der Waals surface area contributed by atoms with Gasteiger partial charge in [0.2, 0.25) is 0 Å². The number of nitrogens with two attached hydrogens (primary N) is 1. The Balaban J connectivity index is 3.85. The number of hydrogen-bond donors (Lipinski definition) is 1. The van der Waals surface area contributed by atoms with Crippen LogP contribution in [0.4, 0.5) is 0 Å². The van der Waals surface area contributed by atoms with Crippen LogP contribution in [0.3, 0.4) is 0 Å². The fourth-order valence-corrected chi connectivity index (χ4v) is 1.58. The summed E-state index contributed by atoms with van der Waals surface area (Å²) in [6, 6.07) is 0.194. The molecule has 0 radical (unpaired) electrons. The van der Waals surface area contributed by atoms with Crippen LogP contribution < -0.4 is 5.73 Å². The highest BCUT2D eigenvalue weighted by Crippen LogP contribution is 2.22. The highest BCUT2D eigenvalue weighted by atomic mass is 16.5. The number of methoxy groups -OCH3 is 1. The second-order valence-electron chi connectivity index (χ2n) is 5.33. The fourth-order valence-electron chi connectivity index (χ4n) is 1.58. The minimum Gasteiger partial charge on any atom is -0.380 e. The van der Waals surface area contributed by atoms with Crippen molar-refractivity contribution in [3.05, 3.63) is 0 Å². The Morgan fingerprint density at radius 1 is 1.21 bits per heavy atom. The summed E-state index contributed by atoms with van der Waals surface area (Å²) in [6.45, 7) is 8.92. The van der Waals surface area contributed by atoms with Gasteiger partial charge in [0.1, 0.15) is 0 Å². The van der Waals surface area contributed by atoms with Crippen molar-refractivity contribution in [2.75, 3.05) is 7.11 Å². The van der Waals surface area contributed by atoms with E-state index in [1.807, 2.05) is 0 Å². The molecule has 0 aromatic heterocycles. The molecule has 0 aliphatic carbocycles. The predicted molar refractivity (Wildman–Crippen MR) is 62.4 cm³/mol. The molecule has 2 N–H and O–H groups in total. The highest BCUT2D eigenvalue weighted by Gasteiger charge is 2.19. The van der Waals surface area contributed by atoms with Crippen molar-refractivity contribution in [2.45, 2.75) is 65.5 Å². The first-order valence-corrected chi connectivity index (χ1v) is 5.69. The topological polar surface area (TPSA) is 35.2 Å². The molecule has 2 heteroatoms. The standard InChI is InChI=1S/C12H27NO/c1-6-7-11(14-5)10(13)8-9-12(2,3)4/h10-11H,6-9,13H2,1-5H3. The Morgan fingerprint density at radius 3 is 2.14 bits per heavy atom. The molecule has 14 heavy (non-hydrogen) atoms. The van der Waals surface area contributed by atoms with Crippen LogP contribution in [0.2, 0.25) is 0 Å². The molecule has 0 aliphatic heterocycles. The van der Waals surface area contributed by atoms with E-state index in [0.717, 1.165) is 25.7 Å². The number of hydrogen-bond acceptors (Lipinski definition) is 2. The van der Waals surface area contributed by atoms with Gasteiger partial charge in [-0.25, -0.2) is 0 Å². The lowest BCUT2D eigenvalue weighted by Gasteiger charge is -2.25. The molecule has 86 valence electrons. The molecule has 0 fully saturated rings. The van der Waals surface area contributed by atoms with Crippen LogP contribution in [0, 0.1) is 5.41 Å². The van der Waals surface area contributed by atoms with Gasteiger partial charge in [-0.05, 0) is 24.7 Å². The van der Waals surface area contributed by atoms with Crippen molar-refractivity contribution >= 4 is 0 Å². The van der Waals surface area contributed by atoms with Crippen LogP contribution >= 0.6 is 0 Å². The van der Waals surface area contributed by atoms with Gasteiger partial charge in [0.05, 0.1) is 6.10 Å². The van der Waals surface area contributed by atoms with E-state index in [4.69, 9.17) is 10.5 Å². The fraction of sp³-hybridized carbons (Fsp3) is 1.00. The molecular weight excluding hydrogens is 174 g/mol. The van der Waals surface area contributed by atoms with Crippen LogP contribution in [0.5, 0.6) is 0 Å². The monoisotopic (exact) mass is 201 g/mol. The zero-order valence-corrected chi connectivity index (χ0v) is 10.5. The summed E-state index contributed by atoms with van der Waals surface area (Å²) in [5.41, 5.74) is 6.47. The Labute approximate surface area is 89.2 Å². The molecule has 0 heterocycles. The Bertz CT molecular complexity index is 140. The van der Waals surface area contributed by atoms with Gasteiger partial charge in [0.25, 0.3) is 0 Å². The smallest absolute Gasteiger partial charge is 0.0722 e. The van der Waals surface area contributed by atoms with E-state index in [2.05, 4.69) is 27.7 Å². The maximum Gasteiger partial charge on any atom is 0.0722 e. The van der Waals surface area contributed by atoms with Gasteiger partial charge >= 0.3 is 0 Å². The van der Waals surface area contributed by atoms with Gasteiger partial charge in [0.15, 0.2) is 0 Å². The molecule has 2 atom stereocenters. The second-order valence-corrected chi connectivity index (χ2v) is 5.33. The van der Waals surface area contributed by atoms with Crippen molar-refractivity contribution in [3.8, 4) is 0 Å². The molecule has 0 amide bonds. The Kier molecular flexibility index (Phi) is 6.38. The minimum atomic E-state index is 0.194. The molecule has 0 spiro atoms. The van der Waals surface area contributed by atoms with E-state index in [9.17, 15) is 0 Å². The molecule has 0 rings (SSSR count). The maximum absolute atomic E-state index is 6.10. The first-order valence-electron chi connectivity index (χ1n) is 5.69. The molecule has 0 bridgehead atoms. The lowest BCUT2D eigenvalue weighted by molar-refractivity contribution is 0.0667. The van der Waals surface area contributed by atoms with Crippen molar-refractivity contribution in [3.63, 3.8) is 0 Å². The van der Waals surface area contributed by atoms with E-state index in [1.165, 1.54) is 0 Å². The highest BCUT2D eigenvalue weighted by molar-refractivity contribution is 4.75. The summed E-state index contributed by atoms with van der Waals surface area (Å²) in [5, 5.41) is 0. The van der Waals surface area contributed by atoms with Crippen LogP contribution in [-0.2, 0) is 4.74 Å². The van der Waals surface area contributed by atoms with Gasteiger partial charge in [-0.1, -0.05) is 34.1 Å². The van der Waals surface area contributed by atoms with Gasteiger partial charge < -0.3 is 10.5 Å². The predicted octanol–water partition coefficient (Wildman–Crippen LogP) is 2.96. The Morgan fingerprint density at radius 2 is 1.79 bits per heavy atom. The molecular formula is C12H27NO. The summed E-state index contributed by atoms with van der Waals surface area (Å²) < 4.78 is 5.39. The third kappa shape index (κ3) is 6.39. The third-order valence-corrected chi connectivity index (χ3v) is 2.58. The van der Waals surface area contributed by atoms with E-state index in [1.54, 1.807) is 7.11 Å². The quantitative estimate of drug-likeness (QED) is 0.717. The lowest BCUT2D eigenvalue weighted by Crippen LogP contribution is -2.36.